The molecule has 1 unspecified atom stereocenters. The molecule has 1 atom stereocenters. The Balaban J connectivity index is 2.27. The van der Waals surface area contributed by atoms with Crippen LogP contribution in [0.1, 0.15) is 56.4 Å². The van der Waals surface area contributed by atoms with E-state index in [1.165, 1.54) is 5.69 Å². The van der Waals surface area contributed by atoms with Crippen LogP contribution in [-0.2, 0) is 6.54 Å². The lowest BCUT2D eigenvalue weighted by atomic mass is 10.1. The Morgan fingerprint density at radius 3 is 2.70 bits per heavy atom. The second kappa shape index (κ2) is 6.22. The lowest BCUT2D eigenvalue weighted by Gasteiger charge is -2.07. The Kier molecular flexibility index (Phi) is 4.60. The van der Waals surface area contributed by atoms with Crippen molar-refractivity contribution in [2.75, 3.05) is 0 Å². The molecule has 2 rings (SSSR count). The van der Waals surface area contributed by atoms with Crippen LogP contribution in [0.3, 0.4) is 0 Å². The zero-order chi connectivity index (χ0) is 14.7. The number of nitrogens with two attached hydrogens (primary N) is 1. The van der Waals surface area contributed by atoms with Crippen LogP contribution < -0.4 is 5.73 Å². The molecule has 3 N–H and O–H groups in total. The van der Waals surface area contributed by atoms with Crippen LogP contribution in [0, 0.1) is 13.8 Å². The van der Waals surface area contributed by atoms with Crippen LogP contribution in [-0.4, -0.2) is 19.7 Å². The van der Waals surface area contributed by atoms with E-state index in [1.54, 1.807) is 0 Å². The van der Waals surface area contributed by atoms with Gasteiger partial charge in [0.05, 0.1) is 23.6 Å². The van der Waals surface area contributed by atoms with Crippen LogP contribution in [0.25, 0.3) is 11.3 Å². The molecule has 2 heterocycles. The Morgan fingerprint density at radius 1 is 1.35 bits per heavy atom. The van der Waals surface area contributed by atoms with Crippen LogP contribution in [0.15, 0.2) is 6.20 Å². The predicted octanol–water partition coefficient (Wildman–Crippen LogP) is 3.10. The summed E-state index contributed by atoms with van der Waals surface area (Å²) in [7, 11) is 0. The minimum atomic E-state index is -0.00877. The number of aromatic nitrogens is 4. The van der Waals surface area contributed by atoms with E-state index in [0.29, 0.717) is 0 Å². The molecule has 5 heteroatoms. The molecule has 0 saturated heterocycles. The number of H-pyrrole nitrogens is 1. The first-order valence-corrected chi connectivity index (χ1v) is 7.43. The van der Waals surface area contributed by atoms with Gasteiger partial charge in [0.2, 0.25) is 0 Å². The van der Waals surface area contributed by atoms with E-state index in [4.69, 9.17) is 5.73 Å². The van der Waals surface area contributed by atoms with Gasteiger partial charge in [-0.1, -0.05) is 19.8 Å². The van der Waals surface area contributed by atoms with E-state index >= 15 is 0 Å². The lowest BCUT2D eigenvalue weighted by Crippen LogP contribution is -2.11. The summed E-state index contributed by atoms with van der Waals surface area (Å²) < 4.78 is 2.02. The van der Waals surface area contributed by atoms with Crippen LogP contribution in [0.4, 0.5) is 0 Å². The third kappa shape index (κ3) is 2.77. The highest BCUT2D eigenvalue weighted by molar-refractivity contribution is 5.64. The number of aromatic amines is 1. The Morgan fingerprint density at radius 2 is 2.10 bits per heavy atom. The van der Waals surface area contributed by atoms with Crippen molar-refractivity contribution in [1.82, 2.24) is 19.7 Å². The summed E-state index contributed by atoms with van der Waals surface area (Å²) in [5.74, 6) is 0.872. The average molecular weight is 275 g/mol. The van der Waals surface area contributed by atoms with Gasteiger partial charge < -0.3 is 10.7 Å². The van der Waals surface area contributed by atoms with Crippen LogP contribution in [0.2, 0.25) is 0 Å². The molecule has 2 aromatic rings. The molecule has 0 aliphatic carbocycles. The van der Waals surface area contributed by atoms with Crippen molar-refractivity contribution in [1.29, 1.82) is 0 Å². The maximum absolute atomic E-state index is 6.17. The van der Waals surface area contributed by atoms with Crippen molar-refractivity contribution in [3.63, 3.8) is 0 Å². The molecule has 0 radical (unpaired) electrons. The summed E-state index contributed by atoms with van der Waals surface area (Å²) in [6.07, 6.45) is 5.12. The fourth-order valence-electron chi connectivity index (χ4n) is 2.61. The summed E-state index contributed by atoms with van der Waals surface area (Å²) >= 11 is 0. The first-order chi connectivity index (χ1) is 9.58. The summed E-state index contributed by atoms with van der Waals surface area (Å²) in [5.41, 5.74) is 10.5. The largest absolute Gasteiger partial charge is 0.341 e. The van der Waals surface area contributed by atoms with Crippen LogP contribution >= 0.6 is 0 Å². The number of rotatable bonds is 6. The van der Waals surface area contributed by atoms with Crippen molar-refractivity contribution < 1.29 is 0 Å². The number of unbranched alkanes of at least 4 members (excludes halogenated alkanes) is 1. The SMILES string of the molecule is CCCCC(N)c1ncc(-c2c(C)nn(CC)c2C)[nH]1. The highest BCUT2D eigenvalue weighted by Crippen LogP contribution is 2.26. The first-order valence-electron chi connectivity index (χ1n) is 7.43. The van der Waals surface area contributed by atoms with Gasteiger partial charge in [0.15, 0.2) is 0 Å². The van der Waals surface area contributed by atoms with Gasteiger partial charge in [-0.3, -0.25) is 4.68 Å². The minimum absolute atomic E-state index is 0.00877. The molecule has 0 aliphatic rings. The normalized spacial score (nSPS) is 12.8. The molecule has 0 amide bonds. The van der Waals surface area contributed by atoms with Crippen molar-refractivity contribution >= 4 is 0 Å². The maximum atomic E-state index is 6.17. The zero-order valence-electron chi connectivity index (χ0n) is 12.9. The third-order valence-corrected chi connectivity index (χ3v) is 3.77. The van der Waals surface area contributed by atoms with Gasteiger partial charge in [0.25, 0.3) is 0 Å². The molecule has 110 valence electrons. The molecule has 5 nitrogen and oxygen atoms in total. The number of hydrogen-bond donors (Lipinski definition) is 2. The molecule has 20 heavy (non-hydrogen) atoms. The molecule has 0 spiro atoms. The maximum Gasteiger partial charge on any atom is 0.123 e. The summed E-state index contributed by atoms with van der Waals surface area (Å²) in [4.78, 5) is 7.81. The van der Waals surface area contributed by atoms with Crippen molar-refractivity contribution in [2.24, 2.45) is 5.73 Å². The standard InChI is InChI=1S/C15H25N5/c1-5-7-8-12(16)15-17-9-13(18-15)14-10(3)19-20(6-2)11(14)4/h9,12H,5-8,16H2,1-4H3,(H,17,18). The number of nitrogens with one attached hydrogen (secondary N) is 1. The molecule has 0 fully saturated rings. The molecule has 0 aliphatic heterocycles. The van der Waals surface area contributed by atoms with Crippen LogP contribution in [0.5, 0.6) is 0 Å². The molecule has 2 aromatic heterocycles. The zero-order valence-corrected chi connectivity index (χ0v) is 12.9. The number of nitrogens with zero attached hydrogens (tertiary/aromatic N) is 3. The number of hydrogen-bond acceptors (Lipinski definition) is 3. The molecular formula is C15H25N5. The summed E-state index contributed by atoms with van der Waals surface area (Å²) in [6.45, 7) is 9.28. The Hall–Kier alpha value is -1.62. The lowest BCUT2D eigenvalue weighted by molar-refractivity contribution is 0.580. The fourth-order valence-corrected chi connectivity index (χ4v) is 2.61. The first kappa shape index (κ1) is 14.8. The number of aryl methyl sites for hydroxylation is 2. The molecular weight excluding hydrogens is 250 g/mol. The molecule has 0 aromatic carbocycles. The monoisotopic (exact) mass is 275 g/mol. The average Bonchev–Trinajstić information content (AvgIpc) is 3.01. The van der Waals surface area contributed by atoms with Crippen molar-refractivity contribution in [3.05, 3.63) is 23.4 Å². The van der Waals surface area contributed by atoms with E-state index in [0.717, 1.165) is 48.6 Å². The second-order valence-electron chi connectivity index (χ2n) is 5.29. The van der Waals surface area contributed by atoms with Crippen molar-refractivity contribution in [3.8, 4) is 11.3 Å². The van der Waals surface area contributed by atoms with E-state index in [-0.39, 0.29) is 6.04 Å². The van der Waals surface area contributed by atoms with E-state index in [2.05, 4.69) is 35.8 Å². The van der Waals surface area contributed by atoms with Crippen molar-refractivity contribution in [2.45, 2.75) is 59.5 Å². The van der Waals surface area contributed by atoms with Gasteiger partial charge in [-0.25, -0.2) is 4.98 Å². The van der Waals surface area contributed by atoms with Gasteiger partial charge >= 0.3 is 0 Å². The highest BCUT2D eigenvalue weighted by atomic mass is 15.3. The van der Waals surface area contributed by atoms with Gasteiger partial charge in [-0.15, -0.1) is 0 Å². The fraction of sp³-hybridized carbons (Fsp3) is 0.600. The molecule has 0 bridgehead atoms. The highest BCUT2D eigenvalue weighted by Gasteiger charge is 2.16. The number of imidazole rings is 1. The van der Waals surface area contributed by atoms with E-state index in [1.807, 2.05) is 17.8 Å². The van der Waals surface area contributed by atoms with E-state index in [9.17, 15) is 0 Å². The topological polar surface area (TPSA) is 72.5 Å². The van der Waals surface area contributed by atoms with Gasteiger partial charge in [-0.05, 0) is 27.2 Å². The van der Waals surface area contributed by atoms with Gasteiger partial charge in [0, 0.05) is 17.8 Å². The van der Waals surface area contributed by atoms with Gasteiger partial charge in [-0.2, -0.15) is 5.10 Å². The Labute approximate surface area is 120 Å². The minimum Gasteiger partial charge on any atom is -0.341 e. The summed E-state index contributed by atoms with van der Waals surface area (Å²) in [5, 5.41) is 4.55. The smallest absolute Gasteiger partial charge is 0.123 e. The second-order valence-corrected chi connectivity index (χ2v) is 5.29. The quantitative estimate of drug-likeness (QED) is 0.850. The predicted molar refractivity (Wildman–Crippen MR) is 81.4 cm³/mol. The third-order valence-electron chi connectivity index (χ3n) is 3.77. The molecule has 0 saturated carbocycles. The summed E-state index contributed by atoms with van der Waals surface area (Å²) in [6, 6.07) is -0.00877. The Bertz CT molecular complexity index is 567. The van der Waals surface area contributed by atoms with Gasteiger partial charge in [0.1, 0.15) is 5.82 Å². The van der Waals surface area contributed by atoms with E-state index < -0.39 is 0 Å².